The fourth-order valence-electron chi connectivity index (χ4n) is 2.33. The standard InChI is InChI=1S/C15H14ClNO2/c16-12-6-2-1-5-11(12)13-7-8-14(19-13)15(18)17-9-3-4-10-17/h1-2,5-8H,3-4,9-10H2. The lowest BCUT2D eigenvalue weighted by Gasteiger charge is -2.12. The lowest BCUT2D eigenvalue weighted by molar-refractivity contribution is 0.0762. The SMILES string of the molecule is O=C(c1ccc(-c2ccccc2Cl)o1)N1CCCC1. The molecule has 1 aromatic heterocycles. The molecule has 4 heteroatoms. The highest BCUT2D eigenvalue weighted by molar-refractivity contribution is 6.33. The molecular formula is C15H14ClNO2. The molecule has 0 atom stereocenters. The van der Waals surface area contributed by atoms with E-state index in [0.29, 0.717) is 16.5 Å². The molecule has 1 aliphatic rings. The Balaban J connectivity index is 1.87. The van der Waals surface area contributed by atoms with Gasteiger partial charge in [-0.15, -0.1) is 0 Å². The van der Waals surface area contributed by atoms with Gasteiger partial charge >= 0.3 is 0 Å². The largest absolute Gasteiger partial charge is 0.451 e. The summed E-state index contributed by atoms with van der Waals surface area (Å²) in [5.41, 5.74) is 0.810. The van der Waals surface area contributed by atoms with Crippen LogP contribution in [0, 0.1) is 0 Å². The van der Waals surface area contributed by atoms with Crippen molar-refractivity contribution < 1.29 is 9.21 Å². The Kier molecular flexibility index (Phi) is 3.30. The van der Waals surface area contributed by atoms with Gasteiger partial charge < -0.3 is 9.32 Å². The van der Waals surface area contributed by atoms with E-state index >= 15 is 0 Å². The highest BCUT2D eigenvalue weighted by atomic mass is 35.5. The highest BCUT2D eigenvalue weighted by Crippen LogP contribution is 2.29. The van der Waals surface area contributed by atoms with Crippen LogP contribution in [0.3, 0.4) is 0 Å². The minimum atomic E-state index is -0.0317. The van der Waals surface area contributed by atoms with Gasteiger partial charge in [-0.05, 0) is 37.1 Å². The summed E-state index contributed by atoms with van der Waals surface area (Å²) in [5.74, 6) is 0.987. The van der Waals surface area contributed by atoms with Crippen LogP contribution in [0.1, 0.15) is 23.4 Å². The molecule has 1 aromatic carbocycles. The van der Waals surface area contributed by atoms with E-state index in [0.717, 1.165) is 31.5 Å². The third-order valence-corrected chi connectivity index (χ3v) is 3.68. The Morgan fingerprint density at radius 2 is 1.84 bits per heavy atom. The predicted octanol–water partition coefficient (Wildman–Crippen LogP) is 3.84. The Bertz CT molecular complexity index is 600. The number of hydrogen-bond donors (Lipinski definition) is 0. The Labute approximate surface area is 116 Å². The molecule has 19 heavy (non-hydrogen) atoms. The number of rotatable bonds is 2. The molecule has 2 heterocycles. The molecule has 0 unspecified atom stereocenters. The number of halogens is 1. The van der Waals surface area contributed by atoms with Crippen molar-refractivity contribution in [3.05, 3.63) is 47.2 Å². The summed E-state index contributed by atoms with van der Waals surface area (Å²) in [6.07, 6.45) is 2.15. The van der Waals surface area contributed by atoms with Crippen LogP contribution >= 0.6 is 11.6 Å². The number of furan rings is 1. The molecule has 0 aliphatic carbocycles. The molecule has 0 radical (unpaired) electrons. The van der Waals surface area contributed by atoms with Crippen molar-refractivity contribution >= 4 is 17.5 Å². The number of carbonyl (C=O) groups excluding carboxylic acids is 1. The molecule has 0 N–H and O–H groups in total. The molecule has 0 bridgehead atoms. The lowest BCUT2D eigenvalue weighted by Crippen LogP contribution is -2.27. The average molecular weight is 276 g/mol. The van der Waals surface area contributed by atoms with Gasteiger partial charge in [-0.25, -0.2) is 0 Å². The van der Waals surface area contributed by atoms with Crippen molar-refractivity contribution in [3.8, 4) is 11.3 Å². The van der Waals surface area contributed by atoms with Crippen molar-refractivity contribution in [3.63, 3.8) is 0 Å². The second kappa shape index (κ2) is 5.10. The van der Waals surface area contributed by atoms with Crippen LogP contribution in [0.25, 0.3) is 11.3 Å². The summed E-state index contributed by atoms with van der Waals surface area (Å²) in [5, 5.41) is 0.622. The van der Waals surface area contributed by atoms with Crippen molar-refractivity contribution in [1.29, 1.82) is 0 Å². The molecule has 0 spiro atoms. The number of likely N-dealkylation sites (tertiary alicyclic amines) is 1. The monoisotopic (exact) mass is 275 g/mol. The van der Waals surface area contributed by atoms with E-state index in [9.17, 15) is 4.79 Å². The van der Waals surface area contributed by atoms with E-state index in [-0.39, 0.29) is 5.91 Å². The Hall–Kier alpha value is -1.74. The number of nitrogens with zero attached hydrogens (tertiary/aromatic N) is 1. The third-order valence-electron chi connectivity index (χ3n) is 3.35. The van der Waals surface area contributed by atoms with E-state index in [4.69, 9.17) is 16.0 Å². The second-order valence-corrected chi connectivity index (χ2v) is 5.05. The first-order valence-corrected chi connectivity index (χ1v) is 6.77. The van der Waals surface area contributed by atoms with Gasteiger partial charge in [0, 0.05) is 18.7 Å². The summed E-state index contributed by atoms with van der Waals surface area (Å²) in [6.45, 7) is 1.64. The van der Waals surface area contributed by atoms with Crippen molar-refractivity contribution in [2.45, 2.75) is 12.8 Å². The van der Waals surface area contributed by atoms with Crippen LogP contribution in [0.15, 0.2) is 40.8 Å². The quantitative estimate of drug-likeness (QED) is 0.834. The molecule has 1 fully saturated rings. The van der Waals surface area contributed by atoms with Gasteiger partial charge in [0.25, 0.3) is 5.91 Å². The molecule has 3 nitrogen and oxygen atoms in total. The fraction of sp³-hybridized carbons (Fsp3) is 0.267. The van der Waals surface area contributed by atoms with Crippen LogP contribution in [0.4, 0.5) is 0 Å². The van der Waals surface area contributed by atoms with Gasteiger partial charge in [0.15, 0.2) is 5.76 Å². The highest BCUT2D eigenvalue weighted by Gasteiger charge is 2.22. The first kappa shape index (κ1) is 12.3. The number of carbonyl (C=O) groups is 1. The molecule has 1 aliphatic heterocycles. The van der Waals surface area contributed by atoms with E-state index in [2.05, 4.69) is 0 Å². The summed E-state index contributed by atoms with van der Waals surface area (Å²) in [7, 11) is 0. The maximum absolute atomic E-state index is 12.2. The van der Waals surface area contributed by atoms with E-state index in [1.807, 2.05) is 23.1 Å². The topological polar surface area (TPSA) is 33.5 Å². The minimum Gasteiger partial charge on any atom is -0.451 e. The molecule has 2 aromatic rings. The summed E-state index contributed by atoms with van der Waals surface area (Å²) < 4.78 is 5.65. The van der Waals surface area contributed by atoms with Gasteiger partial charge in [0.05, 0.1) is 5.02 Å². The molecule has 3 rings (SSSR count). The van der Waals surface area contributed by atoms with Crippen molar-refractivity contribution in [2.24, 2.45) is 0 Å². The molecular weight excluding hydrogens is 262 g/mol. The zero-order valence-electron chi connectivity index (χ0n) is 10.4. The average Bonchev–Trinajstić information content (AvgIpc) is 3.10. The fourth-order valence-corrected chi connectivity index (χ4v) is 2.56. The van der Waals surface area contributed by atoms with E-state index in [1.165, 1.54) is 0 Å². The maximum Gasteiger partial charge on any atom is 0.289 e. The van der Waals surface area contributed by atoms with Gasteiger partial charge in [0.2, 0.25) is 0 Å². The molecule has 0 saturated carbocycles. The third kappa shape index (κ3) is 2.38. The zero-order valence-corrected chi connectivity index (χ0v) is 11.2. The van der Waals surface area contributed by atoms with Crippen LogP contribution in [-0.4, -0.2) is 23.9 Å². The summed E-state index contributed by atoms with van der Waals surface area (Å²) in [4.78, 5) is 14.0. The van der Waals surface area contributed by atoms with Gasteiger partial charge in [0.1, 0.15) is 5.76 Å². The maximum atomic E-state index is 12.2. The predicted molar refractivity (Wildman–Crippen MR) is 74.3 cm³/mol. The minimum absolute atomic E-state index is 0.0317. The Morgan fingerprint density at radius 1 is 1.11 bits per heavy atom. The zero-order chi connectivity index (χ0) is 13.2. The second-order valence-electron chi connectivity index (χ2n) is 4.64. The summed E-state index contributed by atoms with van der Waals surface area (Å²) >= 11 is 6.12. The smallest absolute Gasteiger partial charge is 0.289 e. The van der Waals surface area contributed by atoms with Crippen LogP contribution in [0.2, 0.25) is 5.02 Å². The summed E-state index contributed by atoms with van der Waals surface area (Å²) in [6, 6.07) is 11.0. The first-order valence-electron chi connectivity index (χ1n) is 6.40. The molecule has 1 amide bonds. The van der Waals surface area contributed by atoms with Crippen LogP contribution in [-0.2, 0) is 0 Å². The number of benzene rings is 1. The van der Waals surface area contributed by atoms with Crippen molar-refractivity contribution in [2.75, 3.05) is 13.1 Å². The Morgan fingerprint density at radius 3 is 2.58 bits per heavy atom. The molecule has 1 saturated heterocycles. The van der Waals surface area contributed by atoms with Crippen LogP contribution < -0.4 is 0 Å². The van der Waals surface area contributed by atoms with E-state index < -0.39 is 0 Å². The van der Waals surface area contributed by atoms with Gasteiger partial charge in [-0.1, -0.05) is 23.7 Å². The number of hydrogen-bond acceptors (Lipinski definition) is 2. The van der Waals surface area contributed by atoms with Gasteiger partial charge in [-0.3, -0.25) is 4.79 Å². The first-order chi connectivity index (χ1) is 9.25. The number of amides is 1. The normalized spacial score (nSPS) is 14.9. The van der Waals surface area contributed by atoms with Gasteiger partial charge in [-0.2, -0.15) is 0 Å². The molecule has 98 valence electrons. The van der Waals surface area contributed by atoms with E-state index in [1.54, 1.807) is 18.2 Å². The van der Waals surface area contributed by atoms with Crippen LogP contribution in [0.5, 0.6) is 0 Å². The van der Waals surface area contributed by atoms with Crippen molar-refractivity contribution in [1.82, 2.24) is 4.90 Å². The lowest BCUT2D eigenvalue weighted by atomic mass is 10.2.